The van der Waals surface area contributed by atoms with E-state index >= 15 is 0 Å². The molecule has 1 aromatic rings. The summed E-state index contributed by atoms with van der Waals surface area (Å²) in [6.45, 7) is 7.70. The molecule has 1 N–H and O–H groups in total. The van der Waals surface area contributed by atoms with Gasteiger partial charge in [0.25, 0.3) is 0 Å². The van der Waals surface area contributed by atoms with Crippen molar-refractivity contribution in [3.63, 3.8) is 0 Å². The van der Waals surface area contributed by atoms with Crippen molar-refractivity contribution >= 4 is 5.91 Å². The van der Waals surface area contributed by atoms with Gasteiger partial charge in [0, 0.05) is 37.2 Å². The third-order valence-electron chi connectivity index (χ3n) is 3.08. The van der Waals surface area contributed by atoms with Crippen LogP contribution in [0, 0.1) is 12.8 Å². The molecular formula is C12H19N3O. The Morgan fingerprint density at radius 1 is 1.56 bits per heavy atom. The molecule has 2 heterocycles. The number of carbonyl (C=O) groups excluding carboxylic acids is 1. The van der Waals surface area contributed by atoms with E-state index in [-0.39, 0.29) is 5.91 Å². The summed E-state index contributed by atoms with van der Waals surface area (Å²) in [6, 6.07) is 0. The van der Waals surface area contributed by atoms with Crippen LogP contribution >= 0.6 is 0 Å². The van der Waals surface area contributed by atoms with Crippen molar-refractivity contribution in [1.82, 2.24) is 15.1 Å². The highest BCUT2D eigenvalue weighted by molar-refractivity contribution is 5.76. The molecule has 0 aliphatic carbocycles. The number of nitrogens with zero attached hydrogens (tertiary/aromatic N) is 2. The van der Waals surface area contributed by atoms with Crippen molar-refractivity contribution in [3.8, 4) is 0 Å². The average molecular weight is 221 g/mol. The van der Waals surface area contributed by atoms with Gasteiger partial charge < -0.3 is 4.90 Å². The fourth-order valence-electron chi connectivity index (χ4n) is 2.13. The van der Waals surface area contributed by atoms with Crippen molar-refractivity contribution in [1.29, 1.82) is 0 Å². The fraction of sp³-hybridized carbons (Fsp3) is 0.667. The summed E-state index contributed by atoms with van der Waals surface area (Å²) in [6.07, 6.45) is 1.55. The zero-order valence-corrected chi connectivity index (χ0v) is 10.2. The minimum Gasteiger partial charge on any atom is -0.338 e. The van der Waals surface area contributed by atoms with Crippen LogP contribution in [-0.4, -0.2) is 27.5 Å². The summed E-state index contributed by atoms with van der Waals surface area (Å²) in [4.78, 5) is 13.9. The number of hydrogen-bond donors (Lipinski definition) is 1. The molecule has 0 atom stereocenters. The molecule has 0 saturated heterocycles. The SMILES string of the molecule is Cc1n[nH]c2c1CN(C(=O)CC(C)C)CC2. The predicted molar refractivity (Wildman–Crippen MR) is 61.9 cm³/mol. The van der Waals surface area contributed by atoms with Crippen molar-refractivity contribution in [2.75, 3.05) is 6.54 Å². The minimum atomic E-state index is 0.265. The Bertz CT molecular complexity index is 395. The summed E-state index contributed by atoms with van der Waals surface area (Å²) in [5, 5.41) is 7.23. The van der Waals surface area contributed by atoms with E-state index in [4.69, 9.17) is 0 Å². The van der Waals surface area contributed by atoms with Gasteiger partial charge in [0.2, 0.25) is 5.91 Å². The summed E-state index contributed by atoms with van der Waals surface area (Å²) in [5.41, 5.74) is 3.44. The lowest BCUT2D eigenvalue weighted by Crippen LogP contribution is -2.36. The molecule has 88 valence electrons. The molecule has 1 aliphatic heterocycles. The Balaban J connectivity index is 2.07. The Hall–Kier alpha value is -1.32. The molecule has 16 heavy (non-hydrogen) atoms. The standard InChI is InChI=1S/C12H19N3O/c1-8(2)6-12(16)15-5-4-11-10(7-15)9(3)13-14-11/h8H,4-7H2,1-3H3,(H,13,14). The first-order chi connectivity index (χ1) is 7.58. The van der Waals surface area contributed by atoms with E-state index in [2.05, 4.69) is 24.0 Å². The first-order valence-electron chi connectivity index (χ1n) is 5.88. The lowest BCUT2D eigenvalue weighted by molar-refractivity contribution is -0.132. The van der Waals surface area contributed by atoms with Crippen molar-refractivity contribution in [2.24, 2.45) is 5.92 Å². The average Bonchev–Trinajstić information content (AvgIpc) is 2.59. The highest BCUT2D eigenvalue weighted by Crippen LogP contribution is 2.20. The third-order valence-corrected chi connectivity index (χ3v) is 3.08. The van der Waals surface area contributed by atoms with Gasteiger partial charge in [-0.25, -0.2) is 0 Å². The van der Waals surface area contributed by atoms with Crippen LogP contribution in [0.4, 0.5) is 0 Å². The Morgan fingerprint density at radius 3 is 3.00 bits per heavy atom. The molecule has 0 spiro atoms. The van der Waals surface area contributed by atoms with E-state index in [9.17, 15) is 4.79 Å². The van der Waals surface area contributed by atoms with E-state index in [1.807, 2.05) is 11.8 Å². The molecule has 0 aromatic carbocycles. The number of hydrogen-bond acceptors (Lipinski definition) is 2. The molecule has 4 nitrogen and oxygen atoms in total. The van der Waals surface area contributed by atoms with Gasteiger partial charge >= 0.3 is 0 Å². The number of carbonyl (C=O) groups is 1. The monoisotopic (exact) mass is 221 g/mol. The van der Waals surface area contributed by atoms with Gasteiger partial charge in [-0.15, -0.1) is 0 Å². The largest absolute Gasteiger partial charge is 0.338 e. The lowest BCUT2D eigenvalue weighted by atomic mass is 10.0. The summed E-state index contributed by atoms with van der Waals surface area (Å²) >= 11 is 0. The van der Waals surface area contributed by atoms with E-state index in [1.54, 1.807) is 0 Å². The van der Waals surface area contributed by atoms with Crippen molar-refractivity contribution in [3.05, 3.63) is 17.0 Å². The van der Waals surface area contributed by atoms with Crippen LogP contribution in [0.15, 0.2) is 0 Å². The van der Waals surface area contributed by atoms with E-state index in [1.165, 1.54) is 11.3 Å². The smallest absolute Gasteiger partial charge is 0.223 e. The van der Waals surface area contributed by atoms with Gasteiger partial charge in [-0.05, 0) is 12.8 Å². The molecule has 4 heteroatoms. The summed E-state index contributed by atoms with van der Waals surface area (Å²) < 4.78 is 0. The first kappa shape index (κ1) is 11.2. The number of H-pyrrole nitrogens is 1. The second-order valence-electron chi connectivity index (χ2n) is 4.93. The second kappa shape index (κ2) is 4.28. The van der Waals surface area contributed by atoms with Crippen LogP contribution in [0.25, 0.3) is 0 Å². The second-order valence-corrected chi connectivity index (χ2v) is 4.93. The van der Waals surface area contributed by atoms with E-state index in [0.29, 0.717) is 12.3 Å². The quantitative estimate of drug-likeness (QED) is 0.825. The zero-order chi connectivity index (χ0) is 11.7. The Labute approximate surface area is 96.0 Å². The Morgan fingerprint density at radius 2 is 2.31 bits per heavy atom. The molecule has 0 saturated carbocycles. The predicted octanol–water partition coefficient (Wildman–Crippen LogP) is 1.65. The van der Waals surface area contributed by atoms with Crippen LogP contribution < -0.4 is 0 Å². The van der Waals surface area contributed by atoms with Crippen molar-refractivity contribution < 1.29 is 4.79 Å². The van der Waals surface area contributed by atoms with Crippen LogP contribution in [0.2, 0.25) is 0 Å². The topological polar surface area (TPSA) is 49.0 Å². The first-order valence-corrected chi connectivity index (χ1v) is 5.88. The van der Waals surface area contributed by atoms with Crippen LogP contribution in [0.3, 0.4) is 0 Å². The van der Waals surface area contributed by atoms with Gasteiger partial charge in [0.05, 0.1) is 5.69 Å². The van der Waals surface area contributed by atoms with Gasteiger partial charge in [-0.2, -0.15) is 5.10 Å². The number of fused-ring (bicyclic) bond motifs is 1. The van der Waals surface area contributed by atoms with Crippen LogP contribution in [0.5, 0.6) is 0 Å². The molecule has 0 bridgehead atoms. The molecule has 0 unspecified atom stereocenters. The van der Waals surface area contributed by atoms with Gasteiger partial charge in [0.1, 0.15) is 0 Å². The molecule has 0 fully saturated rings. The van der Waals surface area contributed by atoms with Crippen LogP contribution in [-0.2, 0) is 17.8 Å². The molecule has 1 aliphatic rings. The summed E-state index contributed by atoms with van der Waals surface area (Å²) in [7, 11) is 0. The van der Waals surface area contributed by atoms with Gasteiger partial charge in [0.15, 0.2) is 0 Å². The third kappa shape index (κ3) is 2.10. The maximum Gasteiger partial charge on any atom is 0.223 e. The normalized spacial score (nSPS) is 15.4. The Kier molecular flexibility index (Phi) is 2.99. The molecule has 0 radical (unpaired) electrons. The maximum atomic E-state index is 11.9. The van der Waals surface area contributed by atoms with Crippen molar-refractivity contribution in [2.45, 2.75) is 40.2 Å². The number of aromatic nitrogens is 2. The highest BCUT2D eigenvalue weighted by atomic mass is 16.2. The zero-order valence-electron chi connectivity index (χ0n) is 10.2. The highest BCUT2D eigenvalue weighted by Gasteiger charge is 2.23. The van der Waals surface area contributed by atoms with E-state index < -0.39 is 0 Å². The van der Waals surface area contributed by atoms with Gasteiger partial charge in [-0.3, -0.25) is 9.89 Å². The molecule has 1 aromatic heterocycles. The number of nitrogens with one attached hydrogen (secondary N) is 1. The van der Waals surface area contributed by atoms with E-state index in [0.717, 1.165) is 25.2 Å². The number of aryl methyl sites for hydroxylation is 1. The molecular weight excluding hydrogens is 202 g/mol. The maximum absolute atomic E-state index is 11.9. The molecule has 2 rings (SSSR count). The fourth-order valence-corrected chi connectivity index (χ4v) is 2.13. The number of amides is 1. The minimum absolute atomic E-state index is 0.265. The van der Waals surface area contributed by atoms with Crippen LogP contribution in [0.1, 0.15) is 37.2 Å². The molecule has 1 amide bonds. The number of aromatic amines is 1. The lowest BCUT2D eigenvalue weighted by Gasteiger charge is -2.27. The van der Waals surface area contributed by atoms with Gasteiger partial charge in [-0.1, -0.05) is 13.8 Å². The summed E-state index contributed by atoms with van der Waals surface area (Å²) in [5.74, 6) is 0.695. The number of rotatable bonds is 2.